The van der Waals surface area contributed by atoms with Gasteiger partial charge in [-0.1, -0.05) is 44.0 Å². The van der Waals surface area contributed by atoms with Crippen LogP contribution in [0.3, 0.4) is 0 Å². The molecule has 0 saturated heterocycles. The van der Waals surface area contributed by atoms with Gasteiger partial charge in [0.2, 0.25) is 0 Å². The normalized spacial score (nSPS) is 24.8. The smallest absolute Gasteiger partial charge is 0.0693 e. The first-order valence-electron chi connectivity index (χ1n) is 6.79. The lowest BCUT2D eigenvalue weighted by Crippen LogP contribution is -2.41. The Bertz CT molecular complexity index is 351. The molecule has 1 aliphatic carbocycles. The monoisotopic (exact) mass is 233 g/mol. The number of hydrogen-bond donors (Lipinski definition) is 2. The predicted molar refractivity (Wildman–Crippen MR) is 70.9 cm³/mol. The molecule has 0 amide bonds. The molecule has 0 aromatic heterocycles. The third-order valence-corrected chi connectivity index (χ3v) is 3.78. The summed E-state index contributed by atoms with van der Waals surface area (Å²) in [7, 11) is 0. The number of benzene rings is 1. The maximum Gasteiger partial charge on any atom is 0.0693 e. The standard InChI is InChI=1S/C15H23NO/c1-2-12-7-3-4-8-13(12)11-16-14-9-5-6-10-15(14)17/h3-4,7-8,14-17H,2,5-6,9-11H2,1H3/t14-,15-/m0/s1. The Morgan fingerprint density at radius 1 is 1.18 bits per heavy atom. The minimum atomic E-state index is -0.155. The van der Waals surface area contributed by atoms with E-state index in [1.165, 1.54) is 24.0 Å². The second kappa shape index (κ2) is 6.18. The highest BCUT2D eigenvalue weighted by molar-refractivity contribution is 5.26. The first-order valence-corrected chi connectivity index (χ1v) is 6.79. The van der Waals surface area contributed by atoms with Crippen molar-refractivity contribution in [1.29, 1.82) is 0 Å². The number of nitrogens with one attached hydrogen (secondary N) is 1. The highest BCUT2D eigenvalue weighted by Crippen LogP contribution is 2.19. The zero-order chi connectivity index (χ0) is 12.1. The quantitative estimate of drug-likeness (QED) is 0.838. The summed E-state index contributed by atoms with van der Waals surface area (Å²) in [4.78, 5) is 0. The molecule has 2 heteroatoms. The zero-order valence-corrected chi connectivity index (χ0v) is 10.7. The number of aliphatic hydroxyl groups excluding tert-OH is 1. The van der Waals surface area contributed by atoms with Crippen LogP contribution < -0.4 is 5.32 Å². The van der Waals surface area contributed by atoms with Gasteiger partial charge in [-0.25, -0.2) is 0 Å². The summed E-state index contributed by atoms with van der Waals surface area (Å²) in [6, 6.07) is 8.84. The lowest BCUT2D eigenvalue weighted by atomic mass is 9.92. The fourth-order valence-electron chi connectivity index (χ4n) is 2.67. The number of rotatable bonds is 4. The van der Waals surface area contributed by atoms with Crippen LogP contribution in [-0.2, 0) is 13.0 Å². The van der Waals surface area contributed by atoms with Crippen molar-refractivity contribution < 1.29 is 5.11 Å². The maximum absolute atomic E-state index is 9.91. The van der Waals surface area contributed by atoms with Gasteiger partial charge in [0.15, 0.2) is 0 Å². The first-order chi connectivity index (χ1) is 8.31. The second-order valence-corrected chi connectivity index (χ2v) is 4.96. The molecule has 0 aliphatic heterocycles. The summed E-state index contributed by atoms with van der Waals surface area (Å²) in [5.74, 6) is 0. The summed E-state index contributed by atoms with van der Waals surface area (Å²) < 4.78 is 0. The van der Waals surface area contributed by atoms with Gasteiger partial charge in [-0.2, -0.15) is 0 Å². The molecule has 0 spiro atoms. The lowest BCUT2D eigenvalue weighted by molar-refractivity contribution is 0.0902. The lowest BCUT2D eigenvalue weighted by Gasteiger charge is -2.28. The first kappa shape index (κ1) is 12.6. The van der Waals surface area contributed by atoms with Crippen LogP contribution >= 0.6 is 0 Å². The van der Waals surface area contributed by atoms with Gasteiger partial charge >= 0.3 is 0 Å². The average molecular weight is 233 g/mol. The molecular formula is C15H23NO. The number of aliphatic hydroxyl groups is 1. The van der Waals surface area contributed by atoms with Gasteiger partial charge in [0.05, 0.1) is 6.10 Å². The number of hydrogen-bond acceptors (Lipinski definition) is 2. The van der Waals surface area contributed by atoms with Gasteiger partial charge in [-0.3, -0.25) is 0 Å². The van der Waals surface area contributed by atoms with Gasteiger partial charge in [-0.15, -0.1) is 0 Å². The van der Waals surface area contributed by atoms with Crippen molar-refractivity contribution in [2.24, 2.45) is 0 Å². The van der Waals surface area contributed by atoms with E-state index in [4.69, 9.17) is 0 Å². The topological polar surface area (TPSA) is 32.3 Å². The highest BCUT2D eigenvalue weighted by atomic mass is 16.3. The summed E-state index contributed by atoms with van der Waals surface area (Å²) in [5.41, 5.74) is 2.78. The van der Waals surface area contributed by atoms with Crippen LogP contribution in [0.2, 0.25) is 0 Å². The summed E-state index contributed by atoms with van der Waals surface area (Å²) >= 11 is 0. The molecule has 0 unspecified atom stereocenters. The van der Waals surface area contributed by atoms with E-state index in [9.17, 15) is 5.11 Å². The Morgan fingerprint density at radius 2 is 1.88 bits per heavy atom. The van der Waals surface area contributed by atoms with Gasteiger partial charge in [0, 0.05) is 12.6 Å². The average Bonchev–Trinajstić information content (AvgIpc) is 2.38. The van der Waals surface area contributed by atoms with E-state index < -0.39 is 0 Å². The van der Waals surface area contributed by atoms with E-state index in [0.717, 1.165) is 25.8 Å². The Kier molecular flexibility index (Phi) is 4.57. The molecule has 0 bridgehead atoms. The fourth-order valence-corrected chi connectivity index (χ4v) is 2.67. The number of aryl methyl sites for hydroxylation is 1. The van der Waals surface area contributed by atoms with Crippen molar-refractivity contribution >= 4 is 0 Å². The van der Waals surface area contributed by atoms with E-state index in [-0.39, 0.29) is 12.1 Å². The van der Waals surface area contributed by atoms with Crippen molar-refractivity contribution in [2.45, 2.75) is 57.7 Å². The summed E-state index contributed by atoms with van der Waals surface area (Å²) in [5, 5.41) is 13.4. The van der Waals surface area contributed by atoms with Gasteiger partial charge in [-0.05, 0) is 30.4 Å². The molecule has 0 heterocycles. The molecule has 2 rings (SSSR count). The molecule has 17 heavy (non-hydrogen) atoms. The van der Waals surface area contributed by atoms with E-state index in [2.05, 4.69) is 36.5 Å². The zero-order valence-electron chi connectivity index (χ0n) is 10.7. The Morgan fingerprint density at radius 3 is 2.59 bits per heavy atom. The molecule has 94 valence electrons. The minimum absolute atomic E-state index is 0.155. The van der Waals surface area contributed by atoms with E-state index in [1.807, 2.05) is 0 Å². The molecule has 2 atom stereocenters. The van der Waals surface area contributed by atoms with Gasteiger partial charge in [0.25, 0.3) is 0 Å². The van der Waals surface area contributed by atoms with E-state index in [0.29, 0.717) is 0 Å². The van der Waals surface area contributed by atoms with Crippen LogP contribution in [0.5, 0.6) is 0 Å². The van der Waals surface area contributed by atoms with Crippen molar-refractivity contribution in [1.82, 2.24) is 5.32 Å². The molecule has 1 aromatic carbocycles. The fraction of sp³-hybridized carbons (Fsp3) is 0.600. The van der Waals surface area contributed by atoms with E-state index >= 15 is 0 Å². The van der Waals surface area contributed by atoms with Crippen molar-refractivity contribution in [3.63, 3.8) is 0 Å². The van der Waals surface area contributed by atoms with Crippen LogP contribution in [0.25, 0.3) is 0 Å². The summed E-state index contributed by atoms with van der Waals surface area (Å²) in [6.45, 7) is 3.07. The van der Waals surface area contributed by atoms with Crippen LogP contribution in [-0.4, -0.2) is 17.3 Å². The Balaban J connectivity index is 1.92. The SMILES string of the molecule is CCc1ccccc1CN[C@H]1CCCC[C@@H]1O. The van der Waals surface area contributed by atoms with Crippen LogP contribution in [0.4, 0.5) is 0 Å². The molecular weight excluding hydrogens is 210 g/mol. The molecule has 1 aromatic rings. The van der Waals surface area contributed by atoms with Crippen molar-refractivity contribution in [2.75, 3.05) is 0 Å². The molecule has 0 radical (unpaired) electrons. The van der Waals surface area contributed by atoms with E-state index in [1.54, 1.807) is 0 Å². The maximum atomic E-state index is 9.91. The van der Waals surface area contributed by atoms with Crippen LogP contribution in [0, 0.1) is 0 Å². The third kappa shape index (κ3) is 3.30. The van der Waals surface area contributed by atoms with Crippen LogP contribution in [0.1, 0.15) is 43.7 Å². The third-order valence-electron chi connectivity index (χ3n) is 3.78. The largest absolute Gasteiger partial charge is 0.392 e. The molecule has 2 nitrogen and oxygen atoms in total. The summed E-state index contributed by atoms with van der Waals surface area (Å²) in [6.07, 6.45) is 5.39. The Hall–Kier alpha value is -0.860. The molecule has 1 fully saturated rings. The molecule has 1 saturated carbocycles. The second-order valence-electron chi connectivity index (χ2n) is 4.96. The van der Waals surface area contributed by atoms with Crippen molar-refractivity contribution in [3.05, 3.63) is 35.4 Å². The van der Waals surface area contributed by atoms with Gasteiger partial charge < -0.3 is 10.4 Å². The van der Waals surface area contributed by atoms with Crippen LogP contribution in [0.15, 0.2) is 24.3 Å². The molecule has 1 aliphatic rings. The van der Waals surface area contributed by atoms with Gasteiger partial charge in [0.1, 0.15) is 0 Å². The van der Waals surface area contributed by atoms with Crippen molar-refractivity contribution in [3.8, 4) is 0 Å². The minimum Gasteiger partial charge on any atom is -0.392 e. The predicted octanol–water partition coefficient (Wildman–Crippen LogP) is 2.64. The Labute approximate surface area is 104 Å². The molecule has 2 N–H and O–H groups in total. The highest BCUT2D eigenvalue weighted by Gasteiger charge is 2.22.